The highest BCUT2D eigenvalue weighted by Gasteiger charge is 2.29. The van der Waals surface area contributed by atoms with Crippen molar-refractivity contribution in [3.05, 3.63) is 108 Å². The Morgan fingerprint density at radius 3 is 2.29 bits per heavy atom. The molecular formula is C39H39N7O5S. The monoisotopic (exact) mass is 717 g/mol. The molecule has 12 nitrogen and oxygen atoms in total. The topological polar surface area (TPSA) is 158 Å². The number of hydrogen-bond donors (Lipinski definition) is 3. The van der Waals surface area contributed by atoms with Gasteiger partial charge in [0.15, 0.2) is 5.65 Å². The third-order valence-electron chi connectivity index (χ3n) is 9.70. The number of aromatic nitrogens is 2. The molecule has 2 amide bonds. The summed E-state index contributed by atoms with van der Waals surface area (Å²) in [7, 11) is -3.93. The number of rotatable bonds is 12. The lowest BCUT2D eigenvalue weighted by Crippen LogP contribution is -2.39. The van der Waals surface area contributed by atoms with Crippen molar-refractivity contribution >= 4 is 44.4 Å². The maximum absolute atomic E-state index is 13.6. The lowest BCUT2D eigenvalue weighted by Gasteiger charge is -2.33. The van der Waals surface area contributed by atoms with E-state index in [0.717, 1.165) is 52.2 Å². The number of pyridine rings is 1. The first-order valence-electron chi connectivity index (χ1n) is 17.4. The van der Waals surface area contributed by atoms with Crippen LogP contribution in [0.25, 0.3) is 22.2 Å². The molecule has 52 heavy (non-hydrogen) atoms. The summed E-state index contributed by atoms with van der Waals surface area (Å²) in [5.74, 6) is -0.428. The quantitative estimate of drug-likeness (QED) is 0.142. The Hall–Kier alpha value is -5.71. The Bertz CT molecular complexity index is 2200. The second kappa shape index (κ2) is 15.3. The molecule has 3 N–H and O–H groups in total. The summed E-state index contributed by atoms with van der Waals surface area (Å²) in [6, 6.07) is 28.3. The smallest absolute Gasteiger partial charge is 0.407 e. The molecule has 0 bridgehead atoms. The fraction of sp³-hybridized carbons (Fsp3) is 0.282. The van der Waals surface area contributed by atoms with Crippen LogP contribution in [0, 0.1) is 11.3 Å². The van der Waals surface area contributed by atoms with E-state index in [4.69, 9.17) is 10.00 Å². The van der Waals surface area contributed by atoms with Crippen LogP contribution in [0.1, 0.15) is 42.7 Å². The Morgan fingerprint density at radius 2 is 1.60 bits per heavy atom. The van der Waals surface area contributed by atoms with E-state index in [2.05, 4.69) is 56.2 Å². The van der Waals surface area contributed by atoms with E-state index in [1.807, 2.05) is 24.3 Å². The highest BCUT2D eigenvalue weighted by Crippen LogP contribution is 2.44. The molecule has 1 fully saturated rings. The second-order valence-electron chi connectivity index (χ2n) is 12.9. The normalized spacial score (nSPS) is 14.7. The summed E-state index contributed by atoms with van der Waals surface area (Å²) in [5.41, 5.74) is 5.71. The lowest BCUT2D eigenvalue weighted by atomic mass is 9.98. The van der Waals surface area contributed by atoms with Gasteiger partial charge in [-0.1, -0.05) is 66.7 Å². The van der Waals surface area contributed by atoms with E-state index in [9.17, 15) is 18.0 Å². The number of alkyl carbamates (subject to hydrolysis) is 1. The van der Waals surface area contributed by atoms with E-state index in [1.165, 1.54) is 24.5 Å². The summed E-state index contributed by atoms with van der Waals surface area (Å²) in [6.07, 6.45) is 4.37. The highest BCUT2D eigenvalue weighted by atomic mass is 32.2. The van der Waals surface area contributed by atoms with Crippen molar-refractivity contribution in [3.63, 3.8) is 0 Å². The van der Waals surface area contributed by atoms with Crippen molar-refractivity contribution in [2.45, 2.75) is 42.5 Å². The third-order valence-corrected chi connectivity index (χ3v) is 11.4. The van der Waals surface area contributed by atoms with Gasteiger partial charge in [0, 0.05) is 62.6 Å². The van der Waals surface area contributed by atoms with E-state index < -0.39 is 16.1 Å². The summed E-state index contributed by atoms with van der Waals surface area (Å²) in [6.45, 7) is 2.55. The van der Waals surface area contributed by atoms with Crippen LogP contribution >= 0.6 is 0 Å². The molecule has 3 heterocycles. The van der Waals surface area contributed by atoms with Crippen molar-refractivity contribution in [1.29, 1.82) is 5.26 Å². The van der Waals surface area contributed by atoms with Gasteiger partial charge in [0.05, 0.1) is 28.5 Å². The van der Waals surface area contributed by atoms with Gasteiger partial charge in [-0.15, -0.1) is 0 Å². The van der Waals surface area contributed by atoms with Crippen LogP contribution in [-0.4, -0.2) is 73.1 Å². The molecule has 7 rings (SSSR count). The molecule has 2 aromatic heterocycles. The number of carbonyl (C=O) groups excluding carboxylic acids is 2. The molecule has 2 aliphatic rings. The highest BCUT2D eigenvalue weighted by molar-refractivity contribution is 7.90. The predicted molar refractivity (Wildman–Crippen MR) is 198 cm³/mol. The van der Waals surface area contributed by atoms with Crippen LogP contribution in [0.2, 0.25) is 0 Å². The van der Waals surface area contributed by atoms with Crippen LogP contribution in [0.5, 0.6) is 0 Å². The zero-order valence-corrected chi connectivity index (χ0v) is 29.3. The standard InChI is InChI=1S/C39H39N7O5S/c40-19-8-21-45-22-16-27(17-23-45)43-37-33-18-24-46(52(49,50)28-9-2-1-3-10-28)38(33)42-25-35(37)44-36(47)15-20-41-39(48)51-26-34-31-13-6-4-11-29(31)30-12-5-7-14-32(30)34/h1-7,9-14,18,24-25,27,34H,8,15-17,20-23,26H2,(H,41,48)(H,42,43)(H,44,47). The van der Waals surface area contributed by atoms with E-state index in [-0.39, 0.29) is 48.0 Å². The average Bonchev–Trinajstić information content (AvgIpc) is 3.75. The van der Waals surface area contributed by atoms with Crippen molar-refractivity contribution in [2.24, 2.45) is 0 Å². The molecule has 0 radical (unpaired) electrons. The van der Waals surface area contributed by atoms with Crippen molar-refractivity contribution in [1.82, 2.24) is 19.2 Å². The van der Waals surface area contributed by atoms with Crippen molar-refractivity contribution in [3.8, 4) is 17.2 Å². The van der Waals surface area contributed by atoms with Crippen molar-refractivity contribution in [2.75, 3.05) is 43.4 Å². The third kappa shape index (κ3) is 7.21. The summed E-state index contributed by atoms with van der Waals surface area (Å²) in [4.78, 5) is 32.8. The van der Waals surface area contributed by atoms with Gasteiger partial charge in [-0.25, -0.2) is 22.2 Å². The van der Waals surface area contributed by atoms with Crippen molar-refractivity contribution < 1.29 is 22.7 Å². The minimum atomic E-state index is -3.93. The zero-order chi connectivity index (χ0) is 36.1. The van der Waals surface area contributed by atoms with Gasteiger partial charge >= 0.3 is 6.09 Å². The maximum atomic E-state index is 13.6. The minimum absolute atomic E-state index is 0.0254. The number of anilines is 2. The number of amides is 2. The van der Waals surface area contributed by atoms with Crippen LogP contribution in [0.15, 0.2) is 102 Å². The van der Waals surface area contributed by atoms with Gasteiger partial charge < -0.3 is 25.6 Å². The number of nitrogens with one attached hydrogen (secondary N) is 3. The number of piperidine rings is 1. The zero-order valence-electron chi connectivity index (χ0n) is 28.5. The number of fused-ring (bicyclic) bond motifs is 4. The number of hydrogen-bond acceptors (Lipinski definition) is 9. The molecule has 0 spiro atoms. The van der Waals surface area contributed by atoms with Crippen LogP contribution in [0.3, 0.4) is 0 Å². The second-order valence-corrected chi connectivity index (χ2v) is 14.7. The first kappa shape index (κ1) is 34.7. The van der Waals surface area contributed by atoms with Crippen LogP contribution in [-0.2, 0) is 19.6 Å². The summed E-state index contributed by atoms with van der Waals surface area (Å²) >= 11 is 0. The number of nitriles is 1. The Labute approximate surface area is 302 Å². The van der Waals surface area contributed by atoms with E-state index >= 15 is 0 Å². The first-order chi connectivity index (χ1) is 25.3. The molecule has 13 heteroatoms. The van der Waals surface area contributed by atoms with Gasteiger partial charge in [0.25, 0.3) is 10.0 Å². The maximum Gasteiger partial charge on any atom is 0.407 e. The Balaban J connectivity index is 1.02. The fourth-order valence-electron chi connectivity index (χ4n) is 7.07. The molecule has 0 unspecified atom stereocenters. The molecule has 5 aromatic rings. The average molecular weight is 718 g/mol. The predicted octanol–water partition coefficient (Wildman–Crippen LogP) is 5.93. The molecule has 266 valence electrons. The Kier molecular flexibility index (Phi) is 10.2. The Morgan fingerprint density at radius 1 is 0.923 bits per heavy atom. The SMILES string of the molecule is N#CCCN1CCC(Nc2c(NC(=O)CCNC(=O)OCC3c4ccccc4-c4ccccc43)cnc3c2ccn3S(=O)(=O)c2ccccc2)CC1. The largest absolute Gasteiger partial charge is 0.449 e. The molecule has 1 saturated heterocycles. The number of carbonyl (C=O) groups is 2. The number of nitrogens with zero attached hydrogens (tertiary/aromatic N) is 4. The molecule has 1 aliphatic heterocycles. The van der Waals surface area contributed by atoms with Crippen LogP contribution in [0.4, 0.5) is 16.2 Å². The molecular weight excluding hydrogens is 679 g/mol. The van der Waals surface area contributed by atoms with Gasteiger partial charge in [-0.05, 0) is 53.3 Å². The number of ether oxygens (including phenoxy) is 1. The van der Waals surface area contributed by atoms with Gasteiger partial charge in [-0.2, -0.15) is 5.26 Å². The molecule has 0 saturated carbocycles. The van der Waals surface area contributed by atoms with Gasteiger partial charge in [0.1, 0.15) is 6.61 Å². The summed E-state index contributed by atoms with van der Waals surface area (Å²) < 4.78 is 33.9. The summed E-state index contributed by atoms with van der Waals surface area (Å²) in [5, 5.41) is 18.7. The van der Waals surface area contributed by atoms with Gasteiger partial charge in [-0.3, -0.25) is 4.79 Å². The fourth-order valence-corrected chi connectivity index (χ4v) is 8.39. The lowest BCUT2D eigenvalue weighted by molar-refractivity contribution is -0.116. The number of likely N-dealkylation sites (tertiary alicyclic amines) is 1. The number of benzene rings is 3. The van der Waals surface area contributed by atoms with E-state index in [0.29, 0.717) is 29.7 Å². The molecule has 1 aliphatic carbocycles. The van der Waals surface area contributed by atoms with Gasteiger partial charge in [0.2, 0.25) is 5.91 Å². The first-order valence-corrected chi connectivity index (χ1v) is 18.8. The van der Waals surface area contributed by atoms with E-state index in [1.54, 1.807) is 24.3 Å². The minimum Gasteiger partial charge on any atom is -0.449 e. The molecule has 3 aromatic carbocycles. The molecule has 0 atom stereocenters. The van der Waals surface area contributed by atoms with Crippen LogP contribution < -0.4 is 16.0 Å².